The molecule has 1 N–H and O–H groups in total. The number of methoxy groups -OCH3 is 2. The molecule has 0 fully saturated rings. The Labute approximate surface area is 110 Å². The highest BCUT2D eigenvalue weighted by Crippen LogP contribution is 2.36. The summed E-state index contributed by atoms with van der Waals surface area (Å²) in [4.78, 5) is 0. The highest BCUT2D eigenvalue weighted by Gasteiger charge is 2.18. The summed E-state index contributed by atoms with van der Waals surface area (Å²) in [5, 5.41) is 10.3. The molecule has 3 nitrogen and oxygen atoms in total. The Kier molecular flexibility index (Phi) is 5.99. The molecule has 0 saturated carbocycles. The predicted octanol–water partition coefficient (Wildman–Crippen LogP) is 3.56. The summed E-state index contributed by atoms with van der Waals surface area (Å²) in [7, 11) is 3.22. The van der Waals surface area contributed by atoms with Gasteiger partial charge in [0.15, 0.2) is 0 Å². The zero-order valence-corrected chi connectivity index (χ0v) is 11.8. The van der Waals surface area contributed by atoms with E-state index in [1.54, 1.807) is 14.2 Å². The fraction of sp³-hybridized carbons (Fsp3) is 0.600. The van der Waals surface area contributed by atoms with E-state index in [2.05, 4.69) is 13.8 Å². The van der Waals surface area contributed by atoms with E-state index in [-0.39, 0.29) is 0 Å². The smallest absolute Gasteiger partial charge is 0.128 e. The molecule has 18 heavy (non-hydrogen) atoms. The summed E-state index contributed by atoms with van der Waals surface area (Å²) >= 11 is 0. The molecule has 1 rings (SSSR count). The molecule has 0 aliphatic carbocycles. The monoisotopic (exact) mass is 252 g/mol. The van der Waals surface area contributed by atoms with Gasteiger partial charge in [0.1, 0.15) is 11.5 Å². The summed E-state index contributed by atoms with van der Waals surface area (Å²) in [5.41, 5.74) is 0.756. The molecule has 0 radical (unpaired) electrons. The first-order chi connectivity index (χ1) is 8.60. The topological polar surface area (TPSA) is 38.7 Å². The minimum Gasteiger partial charge on any atom is -0.496 e. The van der Waals surface area contributed by atoms with Crippen LogP contribution in [0.1, 0.15) is 44.8 Å². The molecular formula is C15H24O3. The maximum Gasteiger partial charge on any atom is 0.128 e. The van der Waals surface area contributed by atoms with Crippen LogP contribution in [0.15, 0.2) is 18.2 Å². The van der Waals surface area contributed by atoms with E-state index in [9.17, 15) is 5.11 Å². The molecule has 1 aromatic rings. The Morgan fingerprint density at radius 3 is 2.06 bits per heavy atom. The second kappa shape index (κ2) is 7.27. The van der Waals surface area contributed by atoms with Crippen LogP contribution in [0.3, 0.4) is 0 Å². The quantitative estimate of drug-likeness (QED) is 0.806. The highest BCUT2D eigenvalue weighted by molar-refractivity contribution is 5.46. The molecule has 0 aliphatic rings. The van der Waals surface area contributed by atoms with Gasteiger partial charge >= 0.3 is 0 Å². The van der Waals surface area contributed by atoms with Crippen LogP contribution in [0.4, 0.5) is 0 Å². The lowest BCUT2D eigenvalue weighted by atomic mass is 9.99. The summed E-state index contributed by atoms with van der Waals surface area (Å²) in [6, 6.07) is 5.56. The van der Waals surface area contributed by atoms with Crippen LogP contribution in [0.2, 0.25) is 0 Å². The van der Waals surface area contributed by atoms with Gasteiger partial charge in [-0.3, -0.25) is 0 Å². The van der Waals surface area contributed by atoms with Crippen LogP contribution >= 0.6 is 0 Å². The van der Waals surface area contributed by atoms with Gasteiger partial charge < -0.3 is 14.6 Å². The average molecular weight is 252 g/mol. The maximum atomic E-state index is 10.3. The SMILES string of the molecule is COc1cccc(OC)c1C(O)CCCC(C)C. The first-order valence-electron chi connectivity index (χ1n) is 6.49. The number of aliphatic hydroxyl groups is 1. The van der Waals surface area contributed by atoms with Crippen molar-refractivity contribution in [1.82, 2.24) is 0 Å². The largest absolute Gasteiger partial charge is 0.496 e. The summed E-state index contributed by atoms with van der Waals surface area (Å²) in [6.45, 7) is 4.38. The van der Waals surface area contributed by atoms with Crippen molar-refractivity contribution < 1.29 is 14.6 Å². The average Bonchev–Trinajstić information content (AvgIpc) is 2.36. The lowest BCUT2D eigenvalue weighted by molar-refractivity contribution is 0.154. The fourth-order valence-corrected chi connectivity index (χ4v) is 2.07. The van der Waals surface area contributed by atoms with Crippen LogP contribution in [0.25, 0.3) is 0 Å². The molecular weight excluding hydrogens is 228 g/mol. The third kappa shape index (κ3) is 3.91. The van der Waals surface area contributed by atoms with Crippen LogP contribution in [0.5, 0.6) is 11.5 Å². The second-order valence-corrected chi connectivity index (χ2v) is 4.92. The zero-order valence-electron chi connectivity index (χ0n) is 11.8. The molecule has 0 saturated heterocycles. The third-order valence-corrected chi connectivity index (χ3v) is 3.06. The zero-order chi connectivity index (χ0) is 13.5. The number of rotatable bonds is 7. The van der Waals surface area contributed by atoms with Crippen molar-refractivity contribution in [2.45, 2.75) is 39.2 Å². The van der Waals surface area contributed by atoms with Crippen molar-refractivity contribution in [2.24, 2.45) is 5.92 Å². The minimum atomic E-state index is -0.533. The number of benzene rings is 1. The van der Waals surface area contributed by atoms with E-state index in [0.717, 1.165) is 24.8 Å². The molecule has 3 heteroatoms. The van der Waals surface area contributed by atoms with E-state index in [0.29, 0.717) is 17.4 Å². The van der Waals surface area contributed by atoms with Gasteiger partial charge in [0.2, 0.25) is 0 Å². The van der Waals surface area contributed by atoms with Crippen molar-refractivity contribution in [1.29, 1.82) is 0 Å². The van der Waals surface area contributed by atoms with Gasteiger partial charge in [0, 0.05) is 0 Å². The lowest BCUT2D eigenvalue weighted by Gasteiger charge is -2.18. The Bertz CT molecular complexity index is 339. The van der Waals surface area contributed by atoms with Gasteiger partial charge in [0.25, 0.3) is 0 Å². The van der Waals surface area contributed by atoms with Crippen molar-refractivity contribution in [3.8, 4) is 11.5 Å². The van der Waals surface area contributed by atoms with Gasteiger partial charge in [-0.1, -0.05) is 32.8 Å². The minimum absolute atomic E-state index is 0.533. The Morgan fingerprint density at radius 1 is 1.06 bits per heavy atom. The van der Waals surface area contributed by atoms with Crippen LogP contribution in [-0.2, 0) is 0 Å². The van der Waals surface area contributed by atoms with Gasteiger partial charge in [-0.05, 0) is 24.5 Å². The van der Waals surface area contributed by atoms with Crippen LogP contribution < -0.4 is 9.47 Å². The molecule has 0 aromatic heterocycles. The first kappa shape index (κ1) is 14.8. The molecule has 1 atom stereocenters. The lowest BCUT2D eigenvalue weighted by Crippen LogP contribution is -2.04. The molecule has 0 heterocycles. The summed E-state index contributed by atoms with van der Waals surface area (Å²) in [6.07, 6.45) is 2.32. The molecule has 0 spiro atoms. The van der Waals surface area contributed by atoms with E-state index in [4.69, 9.17) is 9.47 Å². The van der Waals surface area contributed by atoms with Crippen LogP contribution in [-0.4, -0.2) is 19.3 Å². The molecule has 1 aromatic carbocycles. The standard InChI is InChI=1S/C15H24O3/c1-11(2)7-5-8-12(16)15-13(17-3)9-6-10-14(15)18-4/h6,9-12,16H,5,7-8H2,1-4H3. The normalized spacial score (nSPS) is 12.6. The van der Waals surface area contributed by atoms with E-state index in [1.807, 2.05) is 18.2 Å². The summed E-state index contributed by atoms with van der Waals surface area (Å²) in [5.74, 6) is 2.04. The van der Waals surface area contributed by atoms with Crippen molar-refractivity contribution in [3.05, 3.63) is 23.8 Å². The van der Waals surface area contributed by atoms with Gasteiger partial charge in [0.05, 0.1) is 25.9 Å². The number of hydrogen-bond acceptors (Lipinski definition) is 3. The molecule has 1 unspecified atom stereocenters. The number of ether oxygens (including phenoxy) is 2. The van der Waals surface area contributed by atoms with Crippen molar-refractivity contribution in [2.75, 3.05) is 14.2 Å². The molecule has 0 aliphatic heterocycles. The Balaban J connectivity index is 2.79. The van der Waals surface area contributed by atoms with Gasteiger partial charge in [-0.2, -0.15) is 0 Å². The molecule has 102 valence electrons. The van der Waals surface area contributed by atoms with E-state index >= 15 is 0 Å². The fourth-order valence-electron chi connectivity index (χ4n) is 2.07. The third-order valence-electron chi connectivity index (χ3n) is 3.06. The predicted molar refractivity (Wildman–Crippen MR) is 73.2 cm³/mol. The second-order valence-electron chi connectivity index (χ2n) is 4.92. The maximum absolute atomic E-state index is 10.3. The van der Waals surface area contributed by atoms with Crippen molar-refractivity contribution in [3.63, 3.8) is 0 Å². The van der Waals surface area contributed by atoms with E-state index in [1.165, 1.54) is 0 Å². The first-order valence-corrected chi connectivity index (χ1v) is 6.49. The van der Waals surface area contributed by atoms with Crippen LogP contribution in [0, 0.1) is 5.92 Å². The Morgan fingerprint density at radius 2 is 1.61 bits per heavy atom. The Hall–Kier alpha value is -1.22. The van der Waals surface area contributed by atoms with Crippen molar-refractivity contribution >= 4 is 0 Å². The number of hydrogen-bond donors (Lipinski definition) is 1. The summed E-state index contributed by atoms with van der Waals surface area (Å²) < 4.78 is 10.6. The highest BCUT2D eigenvalue weighted by atomic mass is 16.5. The van der Waals surface area contributed by atoms with Gasteiger partial charge in [-0.15, -0.1) is 0 Å². The van der Waals surface area contributed by atoms with E-state index < -0.39 is 6.10 Å². The van der Waals surface area contributed by atoms with Gasteiger partial charge in [-0.25, -0.2) is 0 Å². The molecule has 0 amide bonds. The number of aliphatic hydroxyl groups excluding tert-OH is 1. The molecule has 0 bridgehead atoms.